The van der Waals surface area contributed by atoms with Crippen LogP contribution in [0, 0.1) is 5.41 Å². The van der Waals surface area contributed by atoms with Crippen molar-refractivity contribution in [3.63, 3.8) is 0 Å². The molecule has 22 heavy (non-hydrogen) atoms. The van der Waals surface area contributed by atoms with Gasteiger partial charge in [-0.25, -0.2) is 4.98 Å². The normalized spacial score (nSPS) is 16.0. The molecule has 0 radical (unpaired) electrons. The summed E-state index contributed by atoms with van der Waals surface area (Å²) in [6, 6.07) is 5.24. The van der Waals surface area contributed by atoms with Crippen molar-refractivity contribution in [3.05, 3.63) is 23.8 Å². The van der Waals surface area contributed by atoms with Crippen molar-refractivity contribution in [2.24, 2.45) is 5.73 Å². The molecule has 1 aromatic carbocycles. The molecule has 0 saturated carbocycles. The second kappa shape index (κ2) is 6.20. The van der Waals surface area contributed by atoms with Crippen molar-refractivity contribution < 1.29 is 9.94 Å². The fourth-order valence-electron chi connectivity index (χ4n) is 2.59. The second-order valence-electron chi connectivity index (χ2n) is 5.21. The van der Waals surface area contributed by atoms with Gasteiger partial charge in [0.05, 0.1) is 18.7 Å². The van der Waals surface area contributed by atoms with E-state index in [4.69, 9.17) is 15.9 Å². The summed E-state index contributed by atoms with van der Waals surface area (Å²) in [6.45, 7) is 4.89. The molecular formula is C14H20N6O2. The maximum absolute atomic E-state index is 10.3. The van der Waals surface area contributed by atoms with Crippen LogP contribution in [0.2, 0.25) is 0 Å². The van der Waals surface area contributed by atoms with E-state index in [2.05, 4.69) is 15.2 Å². The molecule has 1 aliphatic heterocycles. The average Bonchev–Trinajstić information content (AvgIpc) is 2.85. The largest absolute Gasteiger partial charge is 0.425 e. The minimum Gasteiger partial charge on any atom is -0.425 e. The number of amidine groups is 1. The van der Waals surface area contributed by atoms with E-state index >= 15 is 0 Å². The van der Waals surface area contributed by atoms with Gasteiger partial charge in [0.2, 0.25) is 5.95 Å². The number of anilines is 1. The van der Waals surface area contributed by atoms with Crippen LogP contribution in [0.25, 0.3) is 11.0 Å². The molecule has 8 heteroatoms. The van der Waals surface area contributed by atoms with Gasteiger partial charge >= 0.3 is 0 Å². The number of imidazole rings is 1. The SMILES string of the molecule is N=C(N)c1cccc2nc(NCCN3CCOCC3)n(O)c12. The Bertz CT molecular complexity index is 677. The van der Waals surface area contributed by atoms with E-state index in [1.165, 1.54) is 0 Å². The number of nitrogens with two attached hydrogens (primary N) is 1. The molecule has 2 aromatic rings. The van der Waals surface area contributed by atoms with Gasteiger partial charge < -0.3 is 21.0 Å². The van der Waals surface area contributed by atoms with E-state index in [9.17, 15) is 5.21 Å². The highest BCUT2D eigenvalue weighted by Crippen LogP contribution is 2.21. The molecular weight excluding hydrogens is 284 g/mol. The molecule has 0 bridgehead atoms. The first-order valence-corrected chi connectivity index (χ1v) is 7.26. The lowest BCUT2D eigenvalue weighted by atomic mass is 10.2. The van der Waals surface area contributed by atoms with Crippen molar-refractivity contribution in [1.82, 2.24) is 14.6 Å². The molecule has 0 spiro atoms. The average molecular weight is 304 g/mol. The minimum absolute atomic E-state index is 0.0966. The van der Waals surface area contributed by atoms with Crippen LogP contribution >= 0.6 is 0 Å². The van der Waals surface area contributed by atoms with Crippen LogP contribution in [-0.4, -0.2) is 65.0 Å². The van der Waals surface area contributed by atoms with Gasteiger partial charge in [-0.15, -0.1) is 4.73 Å². The van der Waals surface area contributed by atoms with Crippen LogP contribution in [0.4, 0.5) is 5.95 Å². The van der Waals surface area contributed by atoms with Crippen molar-refractivity contribution in [1.29, 1.82) is 5.41 Å². The van der Waals surface area contributed by atoms with Crippen LogP contribution in [0.5, 0.6) is 0 Å². The number of para-hydroxylation sites is 1. The van der Waals surface area contributed by atoms with E-state index < -0.39 is 0 Å². The predicted octanol–water partition coefficient (Wildman–Crippen LogP) is 0.302. The van der Waals surface area contributed by atoms with Gasteiger partial charge in [-0.3, -0.25) is 10.3 Å². The summed E-state index contributed by atoms with van der Waals surface area (Å²) < 4.78 is 6.27. The van der Waals surface area contributed by atoms with Crippen LogP contribution in [0.1, 0.15) is 5.56 Å². The molecule has 1 aromatic heterocycles. The summed E-state index contributed by atoms with van der Waals surface area (Å²) in [7, 11) is 0. The zero-order valence-corrected chi connectivity index (χ0v) is 12.2. The molecule has 5 N–H and O–H groups in total. The van der Waals surface area contributed by atoms with Gasteiger partial charge in [-0.2, -0.15) is 0 Å². The number of nitrogens with one attached hydrogen (secondary N) is 2. The van der Waals surface area contributed by atoms with E-state index in [-0.39, 0.29) is 5.84 Å². The first-order valence-electron chi connectivity index (χ1n) is 7.26. The predicted molar refractivity (Wildman–Crippen MR) is 83.7 cm³/mol. The quantitative estimate of drug-likeness (QED) is 0.359. The van der Waals surface area contributed by atoms with E-state index in [0.717, 1.165) is 37.6 Å². The lowest BCUT2D eigenvalue weighted by molar-refractivity contribution is 0.0398. The molecule has 1 aliphatic rings. The molecule has 0 atom stereocenters. The Kier molecular flexibility index (Phi) is 4.12. The van der Waals surface area contributed by atoms with E-state index in [1.807, 2.05) is 0 Å². The molecule has 1 fully saturated rings. The number of rotatable bonds is 5. The van der Waals surface area contributed by atoms with Crippen LogP contribution in [-0.2, 0) is 4.74 Å². The Morgan fingerprint density at radius 3 is 2.91 bits per heavy atom. The Labute approximate surface area is 127 Å². The van der Waals surface area contributed by atoms with Crippen LogP contribution in [0.3, 0.4) is 0 Å². The third kappa shape index (κ3) is 2.83. The lowest BCUT2D eigenvalue weighted by Gasteiger charge is -2.26. The number of morpholine rings is 1. The fourth-order valence-corrected chi connectivity index (χ4v) is 2.59. The Morgan fingerprint density at radius 1 is 1.41 bits per heavy atom. The highest BCUT2D eigenvalue weighted by molar-refractivity contribution is 6.06. The lowest BCUT2D eigenvalue weighted by Crippen LogP contribution is -2.39. The zero-order valence-electron chi connectivity index (χ0n) is 12.2. The Hall–Kier alpha value is -2.32. The zero-order chi connectivity index (χ0) is 15.5. The van der Waals surface area contributed by atoms with Gasteiger partial charge in [0.15, 0.2) is 0 Å². The molecule has 1 saturated heterocycles. The van der Waals surface area contributed by atoms with Gasteiger partial charge in [0.1, 0.15) is 11.4 Å². The van der Waals surface area contributed by atoms with Crippen molar-refractivity contribution >= 4 is 22.8 Å². The Morgan fingerprint density at radius 2 is 2.18 bits per heavy atom. The van der Waals surface area contributed by atoms with E-state index in [0.29, 0.717) is 29.1 Å². The number of ether oxygens (including phenoxy) is 1. The van der Waals surface area contributed by atoms with Crippen molar-refractivity contribution in [3.8, 4) is 0 Å². The number of hydrogen-bond donors (Lipinski definition) is 4. The number of benzene rings is 1. The first kappa shape index (κ1) is 14.6. The minimum atomic E-state index is -0.0966. The highest BCUT2D eigenvalue weighted by atomic mass is 16.5. The molecule has 8 nitrogen and oxygen atoms in total. The van der Waals surface area contributed by atoms with Gasteiger partial charge in [0, 0.05) is 31.7 Å². The summed E-state index contributed by atoms with van der Waals surface area (Å²) >= 11 is 0. The Balaban J connectivity index is 1.72. The molecule has 3 rings (SSSR count). The summed E-state index contributed by atoms with van der Waals surface area (Å²) in [5.74, 6) is 0.262. The number of hydrogen-bond acceptors (Lipinski definition) is 6. The van der Waals surface area contributed by atoms with Crippen molar-refractivity contribution in [2.45, 2.75) is 0 Å². The fraction of sp³-hybridized carbons (Fsp3) is 0.429. The maximum atomic E-state index is 10.3. The van der Waals surface area contributed by atoms with E-state index in [1.54, 1.807) is 18.2 Å². The standard InChI is InChI=1S/C14H20N6O2/c15-13(16)10-2-1-3-11-12(10)20(21)14(18-11)17-4-5-19-6-8-22-9-7-19/h1-3,21H,4-9H2,(H3,15,16)(H,17,18). The van der Waals surface area contributed by atoms with Gasteiger partial charge in [-0.1, -0.05) is 6.07 Å². The molecule has 0 amide bonds. The second-order valence-corrected chi connectivity index (χ2v) is 5.21. The smallest absolute Gasteiger partial charge is 0.237 e. The summed E-state index contributed by atoms with van der Waals surface area (Å²) in [5, 5.41) is 21.0. The number of aromatic nitrogens is 2. The number of nitrogen functional groups attached to an aromatic ring is 1. The van der Waals surface area contributed by atoms with Crippen molar-refractivity contribution in [2.75, 3.05) is 44.7 Å². The number of fused-ring (bicyclic) bond motifs is 1. The molecule has 0 aliphatic carbocycles. The monoisotopic (exact) mass is 304 g/mol. The summed E-state index contributed by atoms with van der Waals surface area (Å²) in [6.07, 6.45) is 0. The molecule has 0 unspecified atom stereocenters. The van der Waals surface area contributed by atoms with Gasteiger partial charge in [-0.05, 0) is 12.1 Å². The van der Waals surface area contributed by atoms with Crippen LogP contribution < -0.4 is 11.1 Å². The third-order valence-electron chi connectivity index (χ3n) is 3.76. The molecule has 2 heterocycles. The maximum Gasteiger partial charge on any atom is 0.237 e. The highest BCUT2D eigenvalue weighted by Gasteiger charge is 2.15. The summed E-state index contributed by atoms with van der Waals surface area (Å²) in [5.41, 5.74) is 7.06. The third-order valence-corrected chi connectivity index (χ3v) is 3.76. The van der Waals surface area contributed by atoms with Crippen LogP contribution in [0.15, 0.2) is 18.2 Å². The first-order chi connectivity index (χ1) is 10.7. The molecule has 118 valence electrons. The summed E-state index contributed by atoms with van der Waals surface area (Å²) in [4.78, 5) is 6.64. The van der Waals surface area contributed by atoms with Gasteiger partial charge in [0.25, 0.3) is 0 Å². The topological polar surface area (TPSA) is 112 Å². The number of nitrogens with zero attached hydrogens (tertiary/aromatic N) is 3.